The number of carbonyl (C=O) groups excluding carboxylic acids is 2. The van der Waals surface area contributed by atoms with Crippen LogP contribution in [0.4, 0.5) is 0 Å². The quantitative estimate of drug-likeness (QED) is 0.260. The molecule has 0 amide bonds. The second-order valence-electron chi connectivity index (χ2n) is 2.98. The van der Waals surface area contributed by atoms with Gasteiger partial charge < -0.3 is 19.6 Å². The van der Waals surface area contributed by atoms with E-state index in [9.17, 15) is 14.2 Å². The van der Waals surface area contributed by atoms with E-state index in [0.717, 1.165) is 13.1 Å². The maximum absolute atomic E-state index is 11.7. The van der Waals surface area contributed by atoms with Gasteiger partial charge in [0.2, 0.25) is 0 Å². The fraction of sp³-hybridized carbons (Fsp3) is 0.556. The Hall–Kier alpha value is 1.56. The minimum Gasteiger partial charge on any atom is -0.487 e. The van der Waals surface area contributed by atoms with Crippen molar-refractivity contribution >= 4 is 19.4 Å². The Kier molecular flexibility index (Phi) is 19.5. The summed E-state index contributed by atoms with van der Waals surface area (Å²) in [6.07, 6.45) is 0. The molecule has 0 aliphatic carbocycles. The average Bonchev–Trinajstić information content (AvgIpc) is 2.25. The van der Waals surface area contributed by atoms with Crippen LogP contribution in [0.3, 0.4) is 0 Å². The van der Waals surface area contributed by atoms with Crippen molar-refractivity contribution in [3.8, 4) is 0 Å². The van der Waals surface area contributed by atoms with Gasteiger partial charge in [0, 0.05) is 89.2 Å². The molecule has 0 aliphatic rings. The van der Waals surface area contributed by atoms with Gasteiger partial charge in [-0.25, -0.2) is 13.1 Å². The third-order valence-electron chi connectivity index (χ3n) is 1.43. The zero-order valence-corrected chi connectivity index (χ0v) is 19.5. The minimum atomic E-state index is -3.06. The van der Waals surface area contributed by atoms with E-state index < -0.39 is 19.4 Å². The van der Waals surface area contributed by atoms with E-state index in [1.165, 1.54) is 6.66 Å². The van der Waals surface area contributed by atoms with Gasteiger partial charge in [-0.15, -0.1) is 0 Å². The normalized spacial score (nSPS) is 9.42. The summed E-state index contributed by atoms with van der Waals surface area (Å²) in [5.41, 5.74) is 0. The number of ether oxygens (including phenoxy) is 2. The number of esters is 2. The first kappa shape index (κ1) is 25.5. The molecular formula is C9H17N2O5PPr2-2. The van der Waals surface area contributed by atoms with Crippen molar-refractivity contribution in [3.63, 3.8) is 0 Å². The molecule has 0 unspecified atom stereocenters. The zero-order chi connectivity index (χ0) is 13.3. The van der Waals surface area contributed by atoms with Crippen molar-refractivity contribution in [1.82, 2.24) is 10.2 Å². The Morgan fingerprint density at radius 1 is 1.00 bits per heavy atom. The summed E-state index contributed by atoms with van der Waals surface area (Å²) in [5, 5.41) is 4.69. The topological polar surface area (TPSA) is 93.7 Å². The van der Waals surface area contributed by atoms with Crippen LogP contribution in [0.15, 0.2) is 0 Å². The van der Waals surface area contributed by atoms with Crippen LogP contribution in [0.25, 0.3) is 0 Å². The summed E-state index contributed by atoms with van der Waals surface area (Å²) in [4.78, 5) is 21.9. The van der Waals surface area contributed by atoms with Gasteiger partial charge in [-0.1, -0.05) is 0 Å². The molecule has 10 heteroatoms. The van der Waals surface area contributed by atoms with Crippen LogP contribution in [0.2, 0.25) is 0 Å². The molecule has 0 saturated heterocycles. The first-order valence-electron chi connectivity index (χ1n) is 5.04. The van der Waals surface area contributed by atoms with E-state index in [4.69, 9.17) is 0 Å². The molecule has 7 nitrogen and oxygen atoms in total. The zero-order valence-electron chi connectivity index (χ0n) is 11.2. The minimum absolute atomic E-state index is 0. The maximum atomic E-state index is 11.7. The summed E-state index contributed by atoms with van der Waals surface area (Å²) in [6, 6.07) is 0. The summed E-state index contributed by atoms with van der Waals surface area (Å²) >= 11 is 0. The molecular weight excluding hydrogens is 529 g/mol. The Morgan fingerprint density at radius 3 is 1.58 bits per heavy atom. The predicted molar refractivity (Wildman–Crippen MR) is 61.7 cm³/mol. The van der Waals surface area contributed by atoms with Crippen molar-refractivity contribution in [3.05, 3.63) is 13.1 Å². The number of nitrogens with one attached hydrogen (secondary N) is 2. The van der Waals surface area contributed by atoms with E-state index in [1.54, 1.807) is 13.8 Å². The number of hydrogen-bond donors (Lipinski definition) is 2. The average molecular weight is 546 g/mol. The van der Waals surface area contributed by atoms with Crippen LogP contribution in [0.1, 0.15) is 13.8 Å². The van der Waals surface area contributed by atoms with Crippen molar-refractivity contribution in [2.45, 2.75) is 13.8 Å². The van der Waals surface area contributed by atoms with Gasteiger partial charge in [-0.3, -0.25) is 14.2 Å². The van der Waals surface area contributed by atoms with Crippen LogP contribution < -0.4 is 10.2 Å². The molecule has 0 aromatic carbocycles. The Morgan fingerprint density at radius 2 is 1.32 bits per heavy atom. The summed E-state index contributed by atoms with van der Waals surface area (Å²) in [5.74, 6) is -1.26. The first-order chi connectivity index (χ1) is 7.91. The van der Waals surface area contributed by atoms with Crippen LogP contribution in [0.5, 0.6) is 0 Å². The standard InChI is InChI=1S/C9H17N2O5P.2Pr/c1-4-15-8(12)6-10-17(3,14)11-7-9(13)16-5-2;;/h6-7H,4-5H2,1-3H3,(H2,10,11,14);;/q-2;;. The van der Waals surface area contributed by atoms with Gasteiger partial charge in [0.25, 0.3) is 0 Å². The molecule has 0 atom stereocenters. The van der Waals surface area contributed by atoms with E-state index in [-0.39, 0.29) is 95.8 Å². The summed E-state index contributed by atoms with van der Waals surface area (Å²) in [7, 11) is -3.06. The summed E-state index contributed by atoms with van der Waals surface area (Å²) < 4.78 is 20.9. The SMILES string of the molecule is CCOC(=O)[CH-]NP(C)(=O)N[CH-]C(=O)OCC.[Pr].[Pr]. The number of rotatable bonds is 8. The van der Waals surface area contributed by atoms with Crippen LogP contribution in [0, 0.1) is 95.7 Å². The van der Waals surface area contributed by atoms with E-state index in [1.807, 2.05) is 0 Å². The molecule has 106 valence electrons. The molecule has 0 bridgehead atoms. The Bertz CT molecular complexity index is 291. The summed E-state index contributed by atoms with van der Waals surface area (Å²) in [6.45, 7) is 6.97. The van der Waals surface area contributed by atoms with Crippen LogP contribution in [-0.2, 0) is 23.6 Å². The molecule has 0 heterocycles. The molecule has 0 rings (SSSR count). The monoisotopic (exact) mass is 546 g/mol. The molecule has 0 aromatic heterocycles. The van der Waals surface area contributed by atoms with Crippen molar-refractivity contribution in [2.75, 3.05) is 19.9 Å². The molecule has 19 heavy (non-hydrogen) atoms. The van der Waals surface area contributed by atoms with Crippen molar-refractivity contribution < 1.29 is 106 Å². The molecule has 0 aromatic rings. The second-order valence-corrected chi connectivity index (χ2v) is 5.34. The molecule has 0 aliphatic heterocycles. The predicted octanol–water partition coefficient (Wildman–Crippen LogP) is 0.438. The first-order valence-corrected chi connectivity index (χ1v) is 7.19. The van der Waals surface area contributed by atoms with Gasteiger partial charge in [-0.05, 0) is 13.8 Å². The van der Waals surface area contributed by atoms with Crippen molar-refractivity contribution in [1.29, 1.82) is 0 Å². The van der Waals surface area contributed by atoms with Gasteiger partial charge in [0.15, 0.2) is 19.4 Å². The van der Waals surface area contributed by atoms with Gasteiger partial charge in [0.05, 0.1) is 13.2 Å². The fourth-order valence-electron chi connectivity index (χ4n) is 0.757. The van der Waals surface area contributed by atoms with E-state index >= 15 is 0 Å². The van der Waals surface area contributed by atoms with Crippen LogP contribution in [-0.4, -0.2) is 31.8 Å². The molecule has 0 spiro atoms. The fourth-order valence-corrected chi connectivity index (χ4v) is 1.53. The molecule has 2 radical (unpaired) electrons. The Labute approximate surface area is 180 Å². The number of hydrogen-bond acceptors (Lipinski definition) is 5. The maximum Gasteiger partial charge on any atom is 0.180 e. The molecule has 2 N–H and O–H groups in total. The largest absolute Gasteiger partial charge is 0.487 e. The van der Waals surface area contributed by atoms with Crippen molar-refractivity contribution in [2.24, 2.45) is 0 Å². The Balaban J connectivity index is -0.00000128. The second kappa shape index (κ2) is 14.5. The molecule has 0 fully saturated rings. The molecule has 0 saturated carbocycles. The number of carbonyl (C=O) groups is 2. The van der Waals surface area contributed by atoms with E-state index in [0.29, 0.717) is 0 Å². The van der Waals surface area contributed by atoms with E-state index in [2.05, 4.69) is 19.6 Å². The van der Waals surface area contributed by atoms with Gasteiger partial charge in [-0.2, -0.15) is 0 Å². The third-order valence-corrected chi connectivity index (χ3v) is 2.67. The smallest absolute Gasteiger partial charge is 0.180 e. The van der Waals surface area contributed by atoms with Gasteiger partial charge >= 0.3 is 0 Å². The van der Waals surface area contributed by atoms with Gasteiger partial charge in [0.1, 0.15) is 0 Å². The van der Waals surface area contributed by atoms with Crippen LogP contribution >= 0.6 is 7.44 Å². The third kappa shape index (κ3) is 15.8.